The predicted octanol–water partition coefficient (Wildman–Crippen LogP) is 0.615. The van der Waals surface area contributed by atoms with Gasteiger partial charge in [-0.25, -0.2) is 0 Å². The number of H-pyrrole nitrogens is 2. The molecule has 0 spiro atoms. The standard InChI is InChI=1S/C11H10BrN3O3/c1-5(16)13-4-6-2-7(12)3-8-9(6)15-11(18)10(17)14-8/h2-3H,4H2,1H3,(H,13,16)(H,14,17)(H,15,18). The maximum Gasteiger partial charge on any atom is 0.314 e. The molecule has 1 aromatic carbocycles. The second-order valence-corrected chi connectivity index (χ2v) is 4.72. The first-order valence-corrected chi connectivity index (χ1v) is 5.96. The zero-order valence-electron chi connectivity index (χ0n) is 9.46. The van der Waals surface area contributed by atoms with Gasteiger partial charge in [-0.3, -0.25) is 14.4 Å². The molecule has 2 aromatic rings. The van der Waals surface area contributed by atoms with E-state index in [1.54, 1.807) is 12.1 Å². The molecule has 0 fully saturated rings. The molecule has 0 unspecified atom stereocenters. The summed E-state index contributed by atoms with van der Waals surface area (Å²) >= 11 is 3.31. The monoisotopic (exact) mass is 311 g/mol. The minimum atomic E-state index is -0.714. The molecule has 0 saturated carbocycles. The number of rotatable bonds is 2. The fourth-order valence-electron chi connectivity index (χ4n) is 1.62. The quantitative estimate of drug-likeness (QED) is 0.709. The zero-order valence-corrected chi connectivity index (χ0v) is 11.1. The van der Waals surface area contributed by atoms with Crippen LogP contribution in [0.3, 0.4) is 0 Å². The van der Waals surface area contributed by atoms with Gasteiger partial charge in [0.2, 0.25) is 5.91 Å². The van der Waals surface area contributed by atoms with Gasteiger partial charge in [-0.2, -0.15) is 0 Å². The lowest BCUT2D eigenvalue weighted by atomic mass is 10.1. The highest BCUT2D eigenvalue weighted by Crippen LogP contribution is 2.19. The first-order valence-electron chi connectivity index (χ1n) is 5.16. The lowest BCUT2D eigenvalue weighted by Gasteiger charge is -2.07. The number of aromatic nitrogens is 2. The molecule has 0 bridgehead atoms. The maximum absolute atomic E-state index is 11.3. The van der Waals surface area contributed by atoms with Gasteiger partial charge in [0.25, 0.3) is 0 Å². The van der Waals surface area contributed by atoms with Crippen molar-refractivity contribution in [3.05, 3.63) is 42.9 Å². The van der Waals surface area contributed by atoms with Crippen molar-refractivity contribution in [3.63, 3.8) is 0 Å². The summed E-state index contributed by atoms with van der Waals surface area (Å²) in [6.45, 7) is 1.68. The third-order valence-electron chi connectivity index (χ3n) is 2.41. The zero-order chi connectivity index (χ0) is 13.3. The largest absolute Gasteiger partial charge is 0.352 e. The van der Waals surface area contributed by atoms with Gasteiger partial charge in [-0.1, -0.05) is 15.9 Å². The van der Waals surface area contributed by atoms with Gasteiger partial charge in [0.1, 0.15) is 0 Å². The van der Waals surface area contributed by atoms with Crippen LogP contribution in [0.25, 0.3) is 11.0 Å². The van der Waals surface area contributed by atoms with Crippen LogP contribution in [0.5, 0.6) is 0 Å². The van der Waals surface area contributed by atoms with E-state index < -0.39 is 11.1 Å². The predicted molar refractivity (Wildman–Crippen MR) is 70.4 cm³/mol. The van der Waals surface area contributed by atoms with Crippen LogP contribution in [-0.2, 0) is 11.3 Å². The van der Waals surface area contributed by atoms with E-state index in [0.29, 0.717) is 16.6 Å². The molecular formula is C11H10BrN3O3. The molecule has 1 heterocycles. The normalized spacial score (nSPS) is 10.6. The second kappa shape index (κ2) is 4.77. The fourth-order valence-corrected chi connectivity index (χ4v) is 2.12. The Kier molecular flexibility index (Phi) is 3.33. The molecule has 1 amide bonds. The van der Waals surface area contributed by atoms with Crippen molar-refractivity contribution in [3.8, 4) is 0 Å². The summed E-state index contributed by atoms with van der Waals surface area (Å²) in [7, 11) is 0. The van der Waals surface area contributed by atoms with Crippen molar-refractivity contribution >= 4 is 32.9 Å². The Bertz CT molecular complexity index is 732. The Morgan fingerprint density at radius 2 is 1.94 bits per heavy atom. The minimum Gasteiger partial charge on any atom is -0.352 e. The van der Waals surface area contributed by atoms with Crippen LogP contribution in [0.1, 0.15) is 12.5 Å². The lowest BCUT2D eigenvalue weighted by molar-refractivity contribution is -0.119. The van der Waals surface area contributed by atoms with Crippen molar-refractivity contribution in [2.75, 3.05) is 0 Å². The molecule has 2 rings (SSSR count). The van der Waals surface area contributed by atoms with Gasteiger partial charge in [-0.15, -0.1) is 0 Å². The van der Waals surface area contributed by atoms with Crippen molar-refractivity contribution in [1.82, 2.24) is 15.3 Å². The summed E-state index contributed by atoms with van der Waals surface area (Å²) in [5.41, 5.74) is 0.314. The van der Waals surface area contributed by atoms with Crippen molar-refractivity contribution in [1.29, 1.82) is 0 Å². The number of hydrogen-bond acceptors (Lipinski definition) is 3. The third kappa shape index (κ3) is 2.51. The summed E-state index contributed by atoms with van der Waals surface area (Å²) in [6, 6.07) is 3.45. The Hall–Kier alpha value is -1.89. The average molecular weight is 312 g/mol. The molecule has 18 heavy (non-hydrogen) atoms. The smallest absolute Gasteiger partial charge is 0.314 e. The van der Waals surface area contributed by atoms with Gasteiger partial charge in [-0.05, 0) is 17.7 Å². The van der Waals surface area contributed by atoms with E-state index in [-0.39, 0.29) is 12.5 Å². The molecule has 1 aromatic heterocycles. The van der Waals surface area contributed by atoms with Crippen molar-refractivity contribution in [2.24, 2.45) is 0 Å². The van der Waals surface area contributed by atoms with Crippen LogP contribution in [0, 0.1) is 0 Å². The number of hydrogen-bond donors (Lipinski definition) is 3. The molecule has 7 heteroatoms. The fraction of sp³-hybridized carbons (Fsp3) is 0.182. The summed E-state index contributed by atoms with van der Waals surface area (Å²) in [5.74, 6) is -0.171. The number of aromatic amines is 2. The average Bonchev–Trinajstić information content (AvgIpc) is 2.28. The van der Waals surface area contributed by atoms with Crippen LogP contribution in [-0.4, -0.2) is 15.9 Å². The molecular weight excluding hydrogens is 302 g/mol. The van der Waals surface area contributed by atoms with Gasteiger partial charge in [0, 0.05) is 17.9 Å². The molecule has 94 valence electrons. The highest BCUT2D eigenvalue weighted by Gasteiger charge is 2.07. The van der Waals surface area contributed by atoms with E-state index in [0.717, 1.165) is 4.47 Å². The van der Waals surface area contributed by atoms with E-state index in [2.05, 4.69) is 31.2 Å². The lowest BCUT2D eigenvalue weighted by Crippen LogP contribution is -2.29. The second-order valence-electron chi connectivity index (χ2n) is 3.81. The number of nitrogens with one attached hydrogen (secondary N) is 3. The first-order chi connectivity index (χ1) is 8.47. The third-order valence-corrected chi connectivity index (χ3v) is 2.86. The van der Waals surface area contributed by atoms with Crippen LogP contribution in [0.4, 0.5) is 0 Å². The van der Waals surface area contributed by atoms with Crippen LogP contribution >= 0.6 is 15.9 Å². The Balaban J connectivity index is 2.64. The van der Waals surface area contributed by atoms with Gasteiger partial charge in [0.15, 0.2) is 0 Å². The number of halogens is 1. The van der Waals surface area contributed by atoms with Crippen molar-refractivity contribution < 1.29 is 4.79 Å². The van der Waals surface area contributed by atoms with Gasteiger partial charge >= 0.3 is 11.1 Å². The van der Waals surface area contributed by atoms with E-state index in [1.165, 1.54) is 6.92 Å². The SMILES string of the molecule is CC(=O)NCc1cc(Br)cc2[nH]c(=O)c(=O)[nH]c12. The Labute approximate surface area is 110 Å². The molecule has 0 atom stereocenters. The number of carbonyl (C=O) groups is 1. The summed E-state index contributed by atoms with van der Waals surface area (Å²) < 4.78 is 0.748. The highest BCUT2D eigenvalue weighted by atomic mass is 79.9. The molecule has 6 nitrogen and oxygen atoms in total. The minimum absolute atomic E-state index is 0.171. The topological polar surface area (TPSA) is 94.8 Å². The van der Waals surface area contributed by atoms with Crippen LogP contribution in [0.15, 0.2) is 26.2 Å². The van der Waals surface area contributed by atoms with E-state index >= 15 is 0 Å². The molecule has 0 radical (unpaired) electrons. The highest BCUT2D eigenvalue weighted by molar-refractivity contribution is 9.10. The number of benzene rings is 1. The molecule has 0 aliphatic carbocycles. The molecule has 3 N–H and O–H groups in total. The summed E-state index contributed by atoms with van der Waals surface area (Å²) in [6.07, 6.45) is 0. The van der Waals surface area contributed by atoms with Crippen LogP contribution < -0.4 is 16.4 Å². The van der Waals surface area contributed by atoms with Gasteiger partial charge < -0.3 is 15.3 Å². The maximum atomic E-state index is 11.3. The summed E-state index contributed by atoms with van der Waals surface area (Å²) in [5, 5.41) is 2.64. The Morgan fingerprint density at radius 3 is 2.61 bits per heavy atom. The number of amides is 1. The first kappa shape index (κ1) is 12.6. The molecule has 0 aliphatic heterocycles. The molecule has 0 aliphatic rings. The van der Waals surface area contributed by atoms with E-state index in [4.69, 9.17) is 0 Å². The van der Waals surface area contributed by atoms with Gasteiger partial charge in [0.05, 0.1) is 11.0 Å². The van der Waals surface area contributed by atoms with Crippen molar-refractivity contribution in [2.45, 2.75) is 13.5 Å². The number of fused-ring (bicyclic) bond motifs is 1. The summed E-state index contributed by atoms with van der Waals surface area (Å²) in [4.78, 5) is 38.4. The van der Waals surface area contributed by atoms with E-state index in [1.807, 2.05) is 0 Å². The van der Waals surface area contributed by atoms with E-state index in [9.17, 15) is 14.4 Å². The Morgan fingerprint density at radius 1 is 1.28 bits per heavy atom. The number of carbonyl (C=O) groups excluding carboxylic acids is 1. The molecule has 0 saturated heterocycles. The van der Waals surface area contributed by atoms with Crippen LogP contribution in [0.2, 0.25) is 0 Å².